The van der Waals surface area contributed by atoms with Crippen molar-refractivity contribution < 1.29 is 27.2 Å². The van der Waals surface area contributed by atoms with Crippen LogP contribution in [0, 0.1) is 0 Å². The monoisotopic (exact) mass is 453 g/mol. The van der Waals surface area contributed by atoms with Crippen molar-refractivity contribution in [3.8, 4) is 17.1 Å². The van der Waals surface area contributed by atoms with Crippen LogP contribution < -0.4 is 4.74 Å². The van der Waals surface area contributed by atoms with Gasteiger partial charge < -0.3 is 14.2 Å². The van der Waals surface area contributed by atoms with Crippen molar-refractivity contribution in [3.63, 3.8) is 0 Å². The van der Waals surface area contributed by atoms with Gasteiger partial charge in [0.1, 0.15) is 12.3 Å². The molecule has 0 N–H and O–H groups in total. The maximum Gasteiger partial charge on any atom is 0.416 e. The number of nitrogens with zero attached hydrogens (tertiary/aromatic N) is 3. The molecule has 31 heavy (non-hydrogen) atoms. The molecule has 0 radical (unpaired) electrons. The maximum absolute atomic E-state index is 12.6. The fraction of sp³-hybridized carbons (Fsp3) is 0.286. The summed E-state index contributed by atoms with van der Waals surface area (Å²) in [5, 5.41) is 4.50. The molecule has 3 rings (SSSR count). The molecule has 0 fully saturated rings. The highest BCUT2D eigenvalue weighted by Crippen LogP contribution is 2.30. The second-order valence-corrected chi connectivity index (χ2v) is 7.38. The molecule has 0 saturated heterocycles. The zero-order chi connectivity index (χ0) is 22.6. The third kappa shape index (κ3) is 5.97. The van der Waals surface area contributed by atoms with E-state index in [1.165, 1.54) is 17.0 Å². The molecule has 6 nitrogen and oxygen atoms in total. The molecule has 0 unspecified atom stereocenters. The summed E-state index contributed by atoms with van der Waals surface area (Å²) in [6, 6.07) is 10.9. The van der Waals surface area contributed by atoms with Crippen LogP contribution >= 0.6 is 11.6 Å². The van der Waals surface area contributed by atoms with E-state index < -0.39 is 11.7 Å². The molecule has 2 aromatic carbocycles. The Morgan fingerprint density at radius 3 is 2.35 bits per heavy atom. The molecule has 0 aliphatic rings. The van der Waals surface area contributed by atoms with E-state index in [4.69, 9.17) is 20.9 Å². The van der Waals surface area contributed by atoms with E-state index >= 15 is 0 Å². The van der Waals surface area contributed by atoms with E-state index in [2.05, 4.69) is 10.1 Å². The van der Waals surface area contributed by atoms with Crippen LogP contribution in [-0.2, 0) is 17.5 Å². The average molecular weight is 454 g/mol. The lowest BCUT2D eigenvalue weighted by Gasteiger charge is -2.25. The summed E-state index contributed by atoms with van der Waals surface area (Å²) in [5.74, 6) is 0.388. The third-order valence-corrected chi connectivity index (χ3v) is 4.62. The summed E-state index contributed by atoms with van der Waals surface area (Å²) in [6.45, 7) is 3.34. The van der Waals surface area contributed by atoms with Crippen LogP contribution in [0.25, 0.3) is 11.4 Å². The fourth-order valence-electron chi connectivity index (χ4n) is 2.71. The first-order valence-corrected chi connectivity index (χ1v) is 9.69. The molecule has 0 spiro atoms. The van der Waals surface area contributed by atoms with Gasteiger partial charge >= 0.3 is 6.18 Å². The van der Waals surface area contributed by atoms with Crippen molar-refractivity contribution in [2.24, 2.45) is 0 Å². The standard InChI is InChI=1S/C21H19ClF3N3O3/c1-13(2)28(11-18-26-20(27-31-18)14-3-7-16(22)8-4-14)19(29)12-30-17-9-5-15(6-10-17)21(23,24)25/h3-10,13H,11-12H2,1-2H3. The number of hydrogen-bond acceptors (Lipinski definition) is 5. The summed E-state index contributed by atoms with van der Waals surface area (Å²) < 4.78 is 48.5. The SMILES string of the molecule is CC(C)N(Cc1nc(-c2ccc(Cl)cc2)no1)C(=O)COc1ccc(C(F)(F)F)cc1. The fourth-order valence-corrected chi connectivity index (χ4v) is 2.83. The lowest BCUT2D eigenvalue weighted by atomic mass is 10.2. The molecule has 1 heterocycles. The van der Waals surface area contributed by atoms with Crippen molar-refractivity contribution in [1.82, 2.24) is 15.0 Å². The number of rotatable bonds is 7. The van der Waals surface area contributed by atoms with Gasteiger partial charge in [-0.25, -0.2) is 0 Å². The highest BCUT2D eigenvalue weighted by molar-refractivity contribution is 6.30. The highest BCUT2D eigenvalue weighted by Gasteiger charge is 2.30. The smallest absolute Gasteiger partial charge is 0.416 e. The Morgan fingerprint density at radius 2 is 1.77 bits per heavy atom. The molecule has 0 bridgehead atoms. The summed E-state index contributed by atoms with van der Waals surface area (Å²) in [6.07, 6.45) is -4.43. The number of aromatic nitrogens is 2. The zero-order valence-corrected chi connectivity index (χ0v) is 17.4. The number of carbonyl (C=O) groups excluding carboxylic acids is 1. The molecular weight excluding hydrogens is 435 g/mol. The lowest BCUT2D eigenvalue weighted by molar-refractivity contribution is -0.138. The van der Waals surface area contributed by atoms with E-state index in [-0.39, 0.29) is 36.7 Å². The van der Waals surface area contributed by atoms with Crippen LogP contribution in [0.4, 0.5) is 13.2 Å². The molecular formula is C21H19ClF3N3O3. The molecule has 10 heteroatoms. The number of hydrogen-bond donors (Lipinski definition) is 0. The highest BCUT2D eigenvalue weighted by atomic mass is 35.5. The Balaban J connectivity index is 1.62. The number of benzene rings is 2. The van der Waals surface area contributed by atoms with Crippen LogP contribution in [0.2, 0.25) is 5.02 Å². The van der Waals surface area contributed by atoms with Gasteiger partial charge in [0.2, 0.25) is 11.7 Å². The van der Waals surface area contributed by atoms with Gasteiger partial charge in [-0.1, -0.05) is 16.8 Å². The summed E-state index contributed by atoms with van der Waals surface area (Å²) >= 11 is 5.87. The number of alkyl halides is 3. The second-order valence-electron chi connectivity index (χ2n) is 6.94. The Labute approximate surface area is 181 Å². The number of halogens is 4. The first kappa shape index (κ1) is 22.6. The Morgan fingerprint density at radius 1 is 1.13 bits per heavy atom. The molecule has 3 aromatic rings. The summed E-state index contributed by atoms with van der Waals surface area (Å²) in [5.41, 5.74) is -0.0738. The minimum atomic E-state index is -4.43. The summed E-state index contributed by atoms with van der Waals surface area (Å²) in [7, 11) is 0. The number of amides is 1. The van der Waals surface area contributed by atoms with E-state index in [0.29, 0.717) is 16.4 Å². The van der Waals surface area contributed by atoms with Crippen LogP contribution in [0.1, 0.15) is 25.3 Å². The van der Waals surface area contributed by atoms with E-state index in [1.54, 1.807) is 24.3 Å². The van der Waals surface area contributed by atoms with Gasteiger partial charge in [-0.05, 0) is 62.4 Å². The molecule has 0 atom stereocenters. The normalized spacial score (nSPS) is 11.6. The van der Waals surface area contributed by atoms with Crippen molar-refractivity contribution in [2.45, 2.75) is 32.6 Å². The van der Waals surface area contributed by atoms with E-state index in [1.807, 2.05) is 13.8 Å². The summed E-state index contributed by atoms with van der Waals surface area (Å²) in [4.78, 5) is 18.4. The van der Waals surface area contributed by atoms with Gasteiger partial charge in [0.15, 0.2) is 6.61 Å². The van der Waals surface area contributed by atoms with Crippen molar-refractivity contribution in [2.75, 3.05) is 6.61 Å². The molecule has 0 aliphatic carbocycles. The average Bonchev–Trinajstić information content (AvgIpc) is 3.19. The van der Waals surface area contributed by atoms with Crippen LogP contribution in [0.3, 0.4) is 0 Å². The molecule has 1 aromatic heterocycles. The lowest BCUT2D eigenvalue weighted by Crippen LogP contribution is -2.39. The zero-order valence-electron chi connectivity index (χ0n) is 16.7. The van der Waals surface area contributed by atoms with Gasteiger partial charge in [0, 0.05) is 16.6 Å². The topological polar surface area (TPSA) is 68.5 Å². The molecule has 0 aliphatic heterocycles. The molecule has 164 valence electrons. The van der Waals surface area contributed by atoms with Crippen LogP contribution in [-0.4, -0.2) is 33.6 Å². The first-order chi connectivity index (χ1) is 14.6. The number of carbonyl (C=O) groups is 1. The predicted octanol–water partition coefficient (Wildman–Crippen LogP) is 5.22. The van der Waals surface area contributed by atoms with Crippen molar-refractivity contribution in [1.29, 1.82) is 0 Å². The second kappa shape index (κ2) is 9.38. The van der Waals surface area contributed by atoms with Crippen molar-refractivity contribution in [3.05, 3.63) is 65.0 Å². The molecule has 0 saturated carbocycles. The maximum atomic E-state index is 12.6. The van der Waals surface area contributed by atoms with Gasteiger partial charge in [0.05, 0.1) is 5.56 Å². The van der Waals surface area contributed by atoms with Crippen LogP contribution in [0.15, 0.2) is 53.1 Å². The van der Waals surface area contributed by atoms with Gasteiger partial charge in [0.25, 0.3) is 5.91 Å². The largest absolute Gasteiger partial charge is 0.484 e. The van der Waals surface area contributed by atoms with Gasteiger partial charge in [-0.3, -0.25) is 4.79 Å². The third-order valence-electron chi connectivity index (χ3n) is 4.36. The Hall–Kier alpha value is -3.07. The van der Waals surface area contributed by atoms with E-state index in [0.717, 1.165) is 12.1 Å². The Bertz CT molecular complexity index is 1020. The minimum absolute atomic E-state index is 0.0630. The molecule has 1 amide bonds. The van der Waals surface area contributed by atoms with Gasteiger partial charge in [-0.2, -0.15) is 18.2 Å². The van der Waals surface area contributed by atoms with Crippen LogP contribution in [0.5, 0.6) is 5.75 Å². The number of ether oxygens (including phenoxy) is 1. The quantitative estimate of drug-likeness (QED) is 0.490. The van der Waals surface area contributed by atoms with Crippen molar-refractivity contribution >= 4 is 17.5 Å². The van der Waals surface area contributed by atoms with E-state index in [9.17, 15) is 18.0 Å². The Kier molecular flexibility index (Phi) is 6.84. The van der Waals surface area contributed by atoms with Gasteiger partial charge in [-0.15, -0.1) is 0 Å². The minimum Gasteiger partial charge on any atom is -0.484 e. The first-order valence-electron chi connectivity index (χ1n) is 9.31. The predicted molar refractivity (Wildman–Crippen MR) is 107 cm³/mol.